The Bertz CT molecular complexity index is 697. The fourth-order valence-corrected chi connectivity index (χ4v) is 3.92. The zero-order valence-corrected chi connectivity index (χ0v) is 15.3. The normalized spacial score (nSPS) is 18.8. The van der Waals surface area contributed by atoms with E-state index in [1.54, 1.807) is 12.1 Å². The average Bonchev–Trinajstić information content (AvgIpc) is 2.55. The Labute approximate surface area is 152 Å². The standard InChI is InChI=1S/C18H21ClN2O2S/c1-3-6-20-17(24)21-7-4-18(5-8-21)11-15(22)14-10-13(19)9-12(2)16(14)23-18/h3,9-10H,1,4-8,11H2,2H3,(H,20,24). The molecule has 4 nitrogen and oxygen atoms in total. The van der Waals surface area contributed by atoms with Gasteiger partial charge in [0.05, 0.1) is 12.0 Å². The summed E-state index contributed by atoms with van der Waals surface area (Å²) in [5.41, 5.74) is 1.10. The summed E-state index contributed by atoms with van der Waals surface area (Å²) in [7, 11) is 0. The number of nitrogens with zero attached hydrogens (tertiary/aromatic N) is 1. The van der Waals surface area contributed by atoms with E-state index in [2.05, 4.69) is 16.8 Å². The van der Waals surface area contributed by atoms with E-state index in [1.807, 2.05) is 13.0 Å². The number of carbonyl (C=O) groups excluding carboxylic acids is 1. The summed E-state index contributed by atoms with van der Waals surface area (Å²) in [4.78, 5) is 14.7. The highest BCUT2D eigenvalue weighted by Crippen LogP contribution is 2.42. The van der Waals surface area contributed by atoms with Crippen LogP contribution in [0.5, 0.6) is 5.75 Å². The number of aryl methyl sites for hydroxylation is 1. The molecule has 1 saturated heterocycles. The zero-order valence-electron chi connectivity index (χ0n) is 13.7. The molecule has 2 aliphatic rings. The quantitative estimate of drug-likeness (QED) is 0.642. The number of fused-ring (bicyclic) bond motifs is 1. The second-order valence-electron chi connectivity index (χ2n) is 6.45. The van der Waals surface area contributed by atoms with Crippen LogP contribution in [0.4, 0.5) is 0 Å². The molecule has 0 amide bonds. The van der Waals surface area contributed by atoms with Crippen molar-refractivity contribution in [3.05, 3.63) is 40.9 Å². The Kier molecular flexibility index (Phi) is 4.83. The molecule has 0 aromatic heterocycles. The number of nitrogens with one attached hydrogen (secondary N) is 1. The maximum atomic E-state index is 12.6. The summed E-state index contributed by atoms with van der Waals surface area (Å²) < 4.78 is 6.34. The van der Waals surface area contributed by atoms with Gasteiger partial charge in [-0.1, -0.05) is 17.7 Å². The van der Waals surface area contributed by atoms with Crippen LogP contribution in [0, 0.1) is 6.92 Å². The molecule has 2 aliphatic heterocycles. The van der Waals surface area contributed by atoms with Crippen LogP contribution in [-0.2, 0) is 0 Å². The molecule has 0 aliphatic carbocycles. The van der Waals surface area contributed by atoms with Crippen LogP contribution in [-0.4, -0.2) is 41.0 Å². The molecule has 3 rings (SSSR count). The summed E-state index contributed by atoms with van der Waals surface area (Å²) in [5.74, 6) is 0.805. The molecule has 0 atom stereocenters. The van der Waals surface area contributed by atoms with E-state index in [0.717, 1.165) is 36.6 Å². The molecule has 24 heavy (non-hydrogen) atoms. The lowest BCUT2D eigenvalue weighted by molar-refractivity contribution is 0.00309. The van der Waals surface area contributed by atoms with Crippen LogP contribution in [0.25, 0.3) is 0 Å². The molecule has 0 saturated carbocycles. The third-order valence-electron chi connectivity index (χ3n) is 4.70. The first-order valence-electron chi connectivity index (χ1n) is 8.10. The number of ether oxygens (including phenoxy) is 1. The summed E-state index contributed by atoms with van der Waals surface area (Å²) >= 11 is 11.5. The van der Waals surface area contributed by atoms with E-state index in [1.165, 1.54) is 0 Å². The lowest BCUT2D eigenvalue weighted by Gasteiger charge is -2.45. The monoisotopic (exact) mass is 364 g/mol. The number of ketones is 1. The molecule has 2 heterocycles. The van der Waals surface area contributed by atoms with E-state index in [9.17, 15) is 4.79 Å². The number of carbonyl (C=O) groups is 1. The molecule has 6 heteroatoms. The highest BCUT2D eigenvalue weighted by Gasteiger charge is 2.43. The van der Waals surface area contributed by atoms with Gasteiger partial charge in [0.2, 0.25) is 0 Å². The predicted molar refractivity (Wildman–Crippen MR) is 100 cm³/mol. The molecular weight excluding hydrogens is 344 g/mol. The van der Waals surface area contributed by atoms with E-state index in [-0.39, 0.29) is 5.78 Å². The van der Waals surface area contributed by atoms with Gasteiger partial charge in [0.1, 0.15) is 11.4 Å². The van der Waals surface area contributed by atoms with Crippen molar-refractivity contribution < 1.29 is 9.53 Å². The fraction of sp³-hybridized carbons (Fsp3) is 0.444. The SMILES string of the molecule is C=CCNC(=S)N1CCC2(CC1)CC(=O)c1cc(Cl)cc(C)c1O2. The molecule has 0 bridgehead atoms. The van der Waals surface area contributed by atoms with Gasteiger partial charge in [-0.2, -0.15) is 0 Å². The highest BCUT2D eigenvalue weighted by atomic mass is 35.5. The summed E-state index contributed by atoms with van der Waals surface area (Å²) in [6, 6.07) is 3.55. The van der Waals surface area contributed by atoms with E-state index in [0.29, 0.717) is 29.3 Å². The minimum Gasteiger partial charge on any atom is -0.486 e. The lowest BCUT2D eigenvalue weighted by atomic mass is 9.82. The summed E-state index contributed by atoms with van der Waals surface area (Å²) in [5, 5.41) is 4.46. The third-order valence-corrected chi connectivity index (χ3v) is 5.32. The van der Waals surface area contributed by atoms with E-state index in [4.69, 9.17) is 28.6 Å². The lowest BCUT2D eigenvalue weighted by Crippen LogP contribution is -2.54. The summed E-state index contributed by atoms with van der Waals surface area (Å²) in [6.07, 6.45) is 3.73. The van der Waals surface area contributed by atoms with Gasteiger partial charge in [-0.05, 0) is 36.8 Å². The number of piperidine rings is 1. The molecule has 0 radical (unpaired) electrons. The number of benzene rings is 1. The molecule has 1 N–H and O–H groups in total. The number of Topliss-reactive ketones (excluding diaryl/α,β-unsaturated/α-hetero) is 1. The first-order valence-corrected chi connectivity index (χ1v) is 8.89. The Morgan fingerprint density at radius 2 is 2.21 bits per heavy atom. The predicted octanol–water partition coefficient (Wildman–Crippen LogP) is 3.51. The van der Waals surface area contributed by atoms with Crippen LogP contribution >= 0.6 is 23.8 Å². The Balaban J connectivity index is 1.74. The number of likely N-dealkylation sites (tertiary alicyclic amines) is 1. The Hall–Kier alpha value is -1.59. The van der Waals surface area contributed by atoms with Gasteiger partial charge in [-0.15, -0.1) is 6.58 Å². The first kappa shape index (κ1) is 17.2. The van der Waals surface area contributed by atoms with Crippen LogP contribution < -0.4 is 10.1 Å². The second kappa shape index (κ2) is 6.73. The number of halogens is 1. The first-order chi connectivity index (χ1) is 11.4. The second-order valence-corrected chi connectivity index (χ2v) is 7.27. The number of hydrogen-bond donors (Lipinski definition) is 1. The van der Waals surface area contributed by atoms with Gasteiger partial charge in [0.25, 0.3) is 0 Å². The van der Waals surface area contributed by atoms with Gasteiger partial charge in [0.15, 0.2) is 10.9 Å². The topological polar surface area (TPSA) is 41.6 Å². The van der Waals surface area contributed by atoms with Crippen molar-refractivity contribution in [1.29, 1.82) is 0 Å². The van der Waals surface area contributed by atoms with Gasteiger partial charge < -0.3 is 15.0 Å². The van der Waals surface area contributed by atoms with Crippen molar-refractivity contribution in [2.24, 2.45) is 0 Å². The molecule has 1 fully saturated rings. The molecule has 0 unspecified atom stereocenters. The Morgan fingerprint density at radius 3 is 2.88 bits per heavy atom. The molecular formula is C18H21ClN2O2S. The van der Waals surface area contributed by atoms with Crippen LogP contribution in [0.3, 0.4) is 0 Å². The van der Waals surface area contributed by atoms with Crippen molar-refractivity contribution in [3.63, 3.8) is 0 Å². The number of hydrogen-bond acceptors (Lipinski definition) is 3. The third kappa shape index (κ3) is 3.28. The molecule has 1 aromatic carbocycles. The maximum absolute atomic E-state index is 12.6. The number of thiocarbonyl (C=S) groups is 1. The highest BCUT2D eigenvalue weighted by molar-refractivity contribution is 7.80. The smallest absolute Gasteiger partial charge is 0.170 e. The van der Waals surface area contributed by atoms with Crippen LogP contribution in [0.2, 0.25) is 5.02 Å². The van der Waals surface area contributed by atoms with Crippen molar-refractivity contribution in [1.82, 2.24) is 10.2 Å². The van der Waals surface area contributed by atoms with E-state index >= 15 is 0 Å². The minimum atomic E-state index is -0.423. The van der Waals surface area contributed by atoms with Gasteiger partial charge >= 0.3 is 0 Å². The van der Waals surface area contributed by atoms with Gasteiger partial charge in [-0.3, -0.25) is 4.79 Å². The number of rotatable bonds is 2. The van der Waals surface area contributed by atoms with Gasteiger partial charge in [0, 0.05) is 37.5 Å². The van der Waals surface area contributed by atoms with Crippen molar-refractivity contribution in [2.45, 2.75) is 31.8 Å². The molecule has 1 aromatic rings. The fourth-order valence-electron chi connectivity index (χ4n) is 3.38. The van der Waals surface area contributed by atoms with Crippen molar-refractivity contribution >= 4 is 34.7 Å². The largest absolute Gasteiger partial charge is 0.486 e. The maximum Gasteiger partial charge on any atom is 0.170 e. The van der Waals surface area contributed by atoms with Crippen molar-refractivity contribution in [2.75, 3.05) is 19.6 Å². The average molecular weight is 365 g/mol. The van der Waals surface area contributed by atoms with Crippen LogP contribution in [0.1, 0.15) is 35.2 Å². The zero-order chi connectivity index (χ0) is 17.3. The molecule has 1 spiro atoms. The van der Waals surface area contributed by atoms with Crippen LogP contribution in [0.15, 0.2) is 24.8 Å². The molecule has 128 valence electrons. The minimum absolute atomic E-state index is 0.114. The van der Waals surface area contributed by atoms with Gasteiger partial charge in [-0.25, -0.2) is 0 Å². The Morgan fingerprint density at radius 1 is 1.50 bits per heavy atom. The van der Waals surface area contributed by atoms with Crippen molar-refractivity contribution in [3.8, 4) is 5.75 Å². The summed E-state index contributed by atoms with van der Waals surface area (Å²) in [6.45, 7) is 7.82. The van der Waals surface area contributed by atoms with E-state index < -0.39 is 5.60 Å².